The molecule has 0 bridgehead atoms. The number of hydrogen-bond acceptors (Lipinski definition) is 5. The number of benzene rings is 1. The van der Waals surface area contributed by atoms with Gasteiger partial charge in [-0.2, -0.15) is 5.26 Å². The molecule has 0 heterocycles. The quantitative estimate of drug-likeness (QED) is 0.605. The van der Waals surface area contributed by atoms with Gasteiger partial charge in [-0.3, -0.25) is 4.79 Å². The maximum Gasteiger partial charge on any atom is 0.346 e. The second-order valence-electron chi connectivity index (χ2n) is 5.11. The molecule has 1 rings (SSSR count). The summed E-state index contributed by atoms with van der Waals surface area (Å²) in [4.78, 5) is 24.2. The molecule has 1 aromatic carbocycles. The summed E-state index contributed by atoms with van der Waals surface area (Å²) < 4.78 is 11.1. The highest BCUT2D eigenvalue weighted by Crippen LogP contribution is 2.30. The number of carbonyl (C=O) groups is 2. The summed E-state index contributed by atoms with van der Waals surface area (Å²) in [6.07, 6.45) is 0.539. The van der Waals surface area contributed by atoms with Crippen molar-refractivity contribution in [3.05, 3.63) is 29.3 Å². The van der Waals surface area contributed by atoms with Gasteiger partial charge in [0.25, 0.3) is 5.91 Å². The van der Waals surface area contributed by atoms with Gasteiger partial charge < -0.3 is 19.5 Å². The van der Waals surface area contributed by atoms with Crippen LogP contribution < -0.4 is 9.47 Å². The van der Waals surface area contributed by atoms with Crippen LogP contribution in [-0.4, -0.2) is 48.7 Å². The predicted octanol–water partition coefficient (Wildman–Crippen LogP) is 1.93. The van der Waals surface area contributed by atoms with Gasteiger partial charge in [0.2, 0.25) is 0 Å². The van der Waals surface area contributed by atoms with E-state index < -0.39 is 12.1 Å². The average Bonchev–Trinajstić information content (AvgIpc) is 2.53. The highest BCUT2D eigenvalue weighted by atomic mass is 16.5. The highest BCUT2D eigenvalue weighted by Gasteiger charge is 2.19. The largest absolute Gasteiger partial charge is 0.490 e. The van der Waals surface area contributed by atoms with Gasteiger partial charge in [0.05, 0.1) is 6.61 Å². The number of carbonyl (C=O) groups excluding carboxylic acids is 1. The zero-order valence-electron chi connectivity index (χ0n) is 14.1. The van der Waals surface area contributed by atoms with Crippen LogP contribution in [0.2, 0.25) is 0 Å². The number of carboxylic acid groups (broad SMARTS) is 1. The fourth-order valence-electron chi connectivity index (χ4n) is 1.89. The Balaban J connectivity index is 3.14. The SMILES string of the molecule is CCOc1cc(/C=C(\C#N)C(=O)O)ccc1OC(C)C(=O)N(C)C. The Morgan fingerprint density at radius 1 is 1.38 bits per heavy atom. The van der Waals surface area contributed by atoms with Gasteiger partial charge in [0.1, 0.15) is 11.6 Å². The molecule has 7 heteroatoms. The fraction of sp³-hybridized carbons (Fsp3) is 0.353. The van der Waals surface area contributed by atoms with E-state index in [0.717, 1.165) is 0 Å². The summed E-state index contributed by atoms with van der Waals surface area (Å²) in [6.45, 7) is 3.78. The molecule has 0 aliphatic rings. The third kappa shape index (κ3) is 5.02. The van der Waals surface area contributed by atoms with Gasteiger partial charge in [0.15, 0.2) is 17.6 Å². The molecule has 0 aliphatic carbocycles. The molecule has 1 atom stereocenters. The third-order valence-corrected chi connectivity index (χ3v) is 3.02. The van der Waals surface area contributed by atoms with Crippen LogP contribution in [0.5, 0.6) is 11.5 Å². The van der Waals surface area contributed by atoms with Gasteiger partial charge in [-0.15, -0.1) is 0 Å². The van der Waals surface area contributed by atoms with E-state index in [2.05, 4.69) is 0 Å². The Labute approximate surface area is 140 Å². The van der Waals surface area contributed by atoms with Crippen LogP contribution in [0, 0.1) is 11.3 Å². The minimum absolute atomic E-state index is 0.195. The maximum absolute atomic E-state index is 11.9. The molecule has 128 valence electrons. The van der Waals surface area contributed by atoms with Crippen molar-refractivity contribution in [2.75, 3.05) is 20.7 Å². The number of likely N-dealkylation sites (N-methyl/N-ethyl adjacent to an activating group) is 1. The summed E-state index contributed by atoms with van der Waals surface area (Å²) in [7, 11) is 3.27. The van der Waals surface area contributed by atoms with E-state index in [9.17, 15) is 9.59 Å². The Bertz CT molecular complexity index is 689. The summed E-state index contributed by atoms with van der Waals surface area (Å²) in [5, 5.41) is 17.7. The topological polar surface area (TPSA) is 99.9 Å². The van der Waals surface area contributed by atoms with Gasteiger partial charge in [0, 0.05) is 14.1 Å². The Morgan fingerprint density at radius 3 is 2.54 bits per heavy atom. The van der Waals surface area contributed by atoms with E-state index >= 15 is 0 Å². The van der Waals surface area contributed by atoms with Gasteiger partial charge in [-0.05, 0) is 37.6 Å². The summed E-state index contributed by atoms with van der Waals surface area (Å²) in [6, 6.07) is 6.34. The molecule has 0 saturated heterocycles. The van der Waals surface area contributed by atoms with Crippen molar-refractivity contribution >= 4 is 18.0 Å². The first-order valence-electron chi connectivity index (χ1n) is 7.29. The Hall–Kier alpha value is -3.01. The van der Waals surface area contributed by atoms with E-state index in [1.165, 1.54) is 11.0 Å². The molecule has 1 amide bonds. The van der Waals surface area contributed by atoms with Crippen LogP contribution >= 0.6 is 0 Å². The molecular weight excluding hydrogens is 312 g/mol. The standard InChI is InChI=1S/C17H20N2O5/c1-5-23-15-9-12(8-13(10-18)17(21)22)6-7-14(15)24-11(2)16(20)19(3)4/h6-9,11H,5H2,1-4H3,(H,21,22)/b13-8+. The number of ether oxygens (including phenoxy) is 2. The monoisotopic (exact) mass is 332 g/mol. The Morgan fingerprint density at radius 2 is 2.04 bits per heavy atom. The van der Waals surface area contributed by atoms with Crippen molar-refractivity contribution in [1.82, 2.24) is 4.90 Å². The molecule has 24 heavy (non-hydrogen) atoms. The Kier molecular flexibility index (Phi) is 6.80. The van der Waals surface area contributed by atoms with Crippen molar-refractivity contribution < 1.29 is 24.2 Å². The van der Waals surface area contributed by atoms with Crippen molar-refractivity contribution in [3.63, 3.8) is 0 Å². The van der Waals surface area contributed by atoms with Gasteiger partial charge >= 0.3 is 5.97 Å². The number of carboxylic acids is 1. The van der Waals surface area contributed by atoms with Crippen LogP contribution in [0.1, 0.15) is 19.4 Å². The van der Waals surface area contributed by atoms with E-state index in [1.54, 1.807) is 52.2 Å². The molecule has 1 aromatic rings. The van der Waals surface area contributed by atoms with Crippen LogP contribution in [0.3, 0.4) is 0 Å². The average molecular weight is 332 g/mol. The summed E-state index contributed by atoms with van der Waals surface area (Å²) >= 11 is 0. The normalized spacial score (nSPS) is 12.0. The molecule has 0 radical (unpaired) electrons. The van der Waals surface area contributed by atoms with Gasteiger partial charge in [-0.1, -0.05) is 6.07 Å². The predicted molar refractivity (Wildman–Crippen MR) is 87.6 cm³/mol. The number of rotatable bonds is 7. The number of hydrogen-bond donors (Lipinski definition) is 1. The number of aliphatic carboxylic acids is 1. The van der Waals surface area contributed by atoms with E-state index in [1.807, 2.05) is 0 Å². The maximum atomic E-state index is 11.9. The second-order valence-corrected chi connectivity index (χ2v) is 5.11. The van der Waals surface area contributed by atoms with Crippen molar-refractivity contribution in [2.24, 2.45) is 0 Å². The first kappa shape index (κ1) is 19.0. The van der Waals surface area contributed by atoms with Crippen molar-refractivity contribution in [2.45, 2.75) is 20.0 Å². The first-order chi connectivity index (χ1) is 11.3. The molecule has 0 aliphatic heterocycles. The van der Waals surface area contributed by atoms with E-state index in [4.69, 9.17) is 19.8 Å². The minimum atomic E-state index is -1.30. The highest BCUT2D eigenvalue weighted by molar-refractivity contribution is 5.96. The summed E-state index contributed by atoms with van der Waals surface area (Å²) in [5.74, 6) is -0.766. The number of nitriles is 1. The molecule has 0 saturated carbocycles. The third-order valence-electron chi connectivity index (χ3n) is 3.02. The molecular formula is C17H20N2O5. The lowest BCUT2D eigenvalue weighted by molar-refractivity contribution is -0.135. The molecule has 1 N–H and O–H groups in total. The zero-order chi connectivity index (χ0) is 18.3. The molecule has 0 spiro atoms. The van der Waals surface area contributed by atoms with Crippen LogP contribution in [0.15, 0.2) is 23.8 Å². The number of nitrogens with zero attached hydrogens (tertiary/aromatic N) is 2. The van der Waals surface area contributed by atoms with E-state index in [0.29, 0.717) is 23.7 Å². The van der Waals surface area contributed by atoms with Crippen molar-refractivity contribution in [1.29, 1.82) is 5.26 Å². The first-order valence-corrected chi connectivity index (χ1v) is 7.29. The minimum Gasteiger partial charge on any atom is -0.490 e. The van der Waals surface area contributed by atoms with E-state index in [-0.39, 0.29) is 11.5 Å². The zero-order valence-corrected chi connectivity index (χ0v) is 14.1. The molecule has 0 fully saturated rings. The fourth-order valence-corrected chi connectivity index (χ4v) is 1.89. The lowest BCUT2D eigenvalue weighted by Crippen LogP contribution is -2.35. The molecule has 1 unspecified atom stereocenters. The van der Waals surface area contributed by atoms with Crippen LogP contribution in [-0.2, 0) is 9.59 Å². The summed E-state index contributed by atoms with van der Waals surface area (Å²) in [5.41, 5.74) is 0.0959. The van der Waals surface area contributed by atoms with Gasteiger partial charge in [-0.25, -0.2) is 4.79 Å². The van der Waals surface area contributed by atoms with Crippen molar-refractivity contribution in [3.8, 4) is 17.6 Å². The lowest BCUT2D eigenvalue weighted by atomic mass is 10.1. The molecule has 0 aromatic heterocycles. The lowest BCUT2D eigenvalue weighted by Gasteiger charge is -2.20. The molecule has 7 nitrogen and oxygen atoms in total. The van der Waals surface area contributed by atoms with Crippen LogP contribution in [0.4, 0.5) is 0 Å². The second kappa shape index (κ2) is 8.58. The number of amides is 1. The van der Waals surface area contributed by atoms with Crippen LogP contribution in [0.25, 0.3) is 6.08 Å². The smallest absolute Gasteiger partial charge is 0.346 e.